The zero-order chi connectivity index (χ0) is 16.9. The molecule has 1 N–H and O–H groups in total. The van der Waals surface area contributed by atoms with Gasteiger partial charge in [-0.25, -0.2) is 4.98 Å². The number of anilines is 2. The van der Waals surface area contributed by atoms with Crippen molar-refractivity contribution in [1.29, 1.82) is 0 Å². The standard InChI is InChI=1S/C18H21N3O3/c1-23-14-6-8-17(24-2)16(11-14)20-18(22)15-7-5-13(12-19-15)21-9-3-4-10-21/h5-8,11-12H,3-4,9-10H2,1-2H3,(H,20,22). The van der Waals surface area contributed by atoms with Crippen molar-refractivity contribution in [2.24, 2.45) is 0 Å². The molecule has 0 atom stereocenters. The van der Waals surface area contributed by atoms with Crippen LogP contribution in [0.3, 0.4) is 0 Å². The van der Waals surface area contributed by atoms with Crippen LogP contribution in [-0.2, 0) is 0 Å². The molecular weight excluding hydrogens is 306 g/mol. The van der Waals surface area contributed by atoms with Crippen molar-refractivity contribution in [2.45, 2.75) is 12.8 Å². The summed E-state index contributed by atoms with van der Waals surface area (Å²) in [6, 6.07) is 8.93. The van der Waals surface area contributed by atoms with Gasteiger partial charge >= 0.3 is 0 Å². The summed E-state index contributed by atoms with van der Waals surface area (Å²) in [5.41, 5.74) is 1.97. The SMILES string of the molecule is COc1ccc(OC)c(NC(=O)c2ccc(N3CCCC3)cn2)c1. The molecule has 126 valence electrons. The van der Waals surface area contributed by atoms with Crippen LogP contribution < -0.4 is 19.7 Å². The van der Waals surface area contributed by atoms with Crippen LogP contribution in [0.5, 0.6) is 11.5 Å². The van der Waals surface area contributed by atoms with Crippen molar-refractivity contribution in [3.63, 3.8) is 0 Å². The molecule has 1 aromatic heterocycles. The molecule has 24 heavy (non-hydrogen) atoms. The number of carbonyl (C=O) groups excluding carboxylic acids is 1. The van der Waals surface area contributed by atoms with Crippen LogP contribution in [0.15, 0.2) is 36.5 Å². The molecule has 6 heteroatoms. The quantitative estimate of drug-likeness (QED) is 0.915. The van der Waals surface area contributed by atoms with Crippen molar-refractivity contribution in [2.75, 3.05) is 37.5 Å². The third-order valence-electron chi connectivity index (χ3n) is 4.11. The third-order valence-corrected chi connectivity index (χ3v) is 4.11. The van der Waals surface area contributed by atoms with E-state index in [0.29, 0.717) is 22.9 Å². The molecule has 1 aliphatic rings. The summed E-state index contributed by atoms with van der Waals surface area (Å²) < 4.78 is 10.5. The first-order chi connectivity index (χ1) is 11.7. The summed E-state index contributed by atoms with van der Waals surface area (Å²) in [6.45, 7) is 2.10. The van der Waals surface area contributed by atoms with Gasteiger partial charge in [0, 0.05) is 19.2 Å². The molecule has 3 rings (SSSR count). The lowest BCUT2D eigenvalue weighted by molar-refractivity contribution is 0.102. The van der Waals surface area contributed by atoms with E-state index in [2.05, 4.69) is 15.2 Å². The average Bonchev–Trinajstić information content (AvgIpc) is 3.16. The van der Waals surface area contributed by atoms with Crippen LogP contribution in [0.25, 0.3) is 0 Å². The third kappa shape index (κ3) is 3.42. The van der Waals surface area contributed by atoms with Crippen LogP contribution in [-0.4, -0.2) is 38.2 Å². The zero-order valence-electron chi connectivity index (χ0n) is 13.9. The van der Waals surface area contributed by atoms with Gasteiger partial charge in [0.25, 0.3) is 5.91 Å². The van der Waals surface area contributed by atoms with E-state index in [9.17, 15) is 4.79 Å². The van der Waals surface area contributed by atoms with E-state index in [4.69, 9.17) is 9.47 Å². The molecule has 0 aliphatic carbocycles. The van der Waals surface area contributed by atoms with Crippen LogP contribution in [0.4, 0.5) is 11.4 Å². The molecule has 2 heterocycles. The molecule has 1 aliphatic heterocycles. The Balaban J connectivity index is 1.75. The van der Waals surface area contributed by atoms with Crippen LogP contribution in [0, 0.1) is 0 Å². The highest BCUT2D eigenvalue weighted by Gasteiger charge is 2.15. The van der Waals surface area contributed by atoms with Gasteiger partial charge < -0.3 is 19.7 Å². The molecule has 1 saturated heterocycles. The second kappa shape index (κ2) is 7.21. The number of amides is 1. The van der Waals surface area contributed by atoms with Gasteiger partial charge in [0.15, 0.2) is 0 Å². The molecule has 6 nitrogen and oxygen atoms in total. The summed E-state index contributed by atoms with van der Waals surface area (Å²) in [4.78, 5) is 19.0. The fourth-order valence-corrected chi connectivity index (χ4v) is 2.78. The predicted octanol–water partition coefficient (Wildman–Crippen LogP) is 2.95. The molecule has 2 aromatic rings. The minimum absolute atomic E-state index is 0.283. The molecular formula is C18H21N3O3. The Hall–Kier alpha value is -2.76. The molecule has 1 amide bonds. The first kappa shape index (κ1) is 16.1. The number of hydrogen-bond acceptors (Lipinski definition) is 5. The van der Waals surface area contributed by atoms with Crippen molar-refractivity contribution in [3.05, 3.63) is 42.2 Å². The van der Waals surface area contributed by atoms with Crippen molar-refractivity contribution >= 4 is 17.3 Å². The number of nitrogens with zero attached hydrogens (tertiary/aromatic N) is 2. The number of rotatable bonds is 5. The number of benzene rings is 1. The molecule has 0 saturated carbocycles. The average molecular weight is 327 g/mol. The van der Waals surface area contributed by atoms with E-state index in [1.54, 1.807) is 44.7 Å². The van der Waals surface area contributed by atoms with Gasteiger partial charge in [0.1, 0.15) is 17.2 Å². The predicted molar refractivity (Wildman–Crippen MR) is 93.2 cm³/mol. The Labute approximate surface area is 141 Å². The van der Waals surface area contributed by atoms with Gasteiger partial charge in [-0.15, -0.1) is 0 Å². The highest BCUT2D eigenvalue weighted by Crippen LogP contribution is 2.29. The van der Waals surface area contributed by atoms with E-state index in [-0.39, 0.29) is 5.91 Å². The van der Waals surface area contributed by atoms with Gasteiger partial charge in [-0.1, -0.05) is 0 Å². The van der Waals surface area contributed by atoms with Gasteiger partial charge in [-0.05, 0) is 37.1 Å². The zero-order valence-corrected chi connectivity index (χ0v) is 13.9. The summed E-state index contributed by atoms with van der Waals surface area (Å²) in [7, 11) is 3.13. The van der Waals surface area contributed by atoms with Crippen LogP contribution >= 0.6 is 0 Å². The van der Waals surface area contributed by atoms with E-state index in [1.165, 1.54) is 12.8 Å². The van der Waals surface area contributed by atoms with Gasteiger partial charge in [0.05, 0.1) is 31.8 Å². The monoisotopic (exact) mass is 327 g/mol. The van der Waals surface area contributed by atoms with Crippen LogP contribution in [0.1, 0.15) is 23.3 Å². The van der Waals surface area contributed by atoms with E-state index in [0.717, 1.165) is 18.8 Å². The van der Waals surface area contributed by atoms with Gasteiger partial charge in [-0.3, -0.25) is 4.79 Å². The lowest BCUT2D eigenvalue weighted by Crippen LogP contribution is -2.19. The minimum atomic E-state index is -0.283. The lowest BCUT2D eigenvalue weighted by Gasteiger charge is -2.17. The number of ether oxygens (including phenoxy) is 2. The highest BCUT2D eigenvalue weighted by atomic mass is 16.5. The fourth-order valence-electron chi connectivity index (χ4n) is 2.78. The summed E-state index contributed by atoms with van der Waals surface area (Å²) in [5.74, 6) is 0.927. The lowest BCUT2D eigenvalue weighted by atomic mass is 10.2. The summed E-state index contributed by atoms with van der Waals surface area (Å²) in [6.07, 6.45) is 4.17. The largest absolute Gasteiger partial charge is 0.497 e. The molecule has 1 fully saturated rings. The second-order valence-corrected chi connectivity index (χ2v) is 5.62. The number of pyridine rings is 1. The Bertz CT molecular complexity index is 710. The number of hydrogen-bond donors (Lipinski definition) is 1. The van der Waals surface area contributed by atoms with Crippen molar-refractivity contribution in [1.82, 2.24) is 4.98 Å². The van der Waals surface area contributed by atoms with E-state index in [1.807, 2.05) is 6.07 Å². The number of carbonyl (C=O) groups is 1. The fraction of sp³-hybridized carbons (Fsp3) is 0.333. The summed E-state index contributed by atoms with van der Waals surface area (Å²) >= 11 is 0. The summed E-state index contributed by atoms with van der Waals surface area (Å²) in [5, 5.41) is 2.82. The normalized spacial score (nSPS) is 13.7. The smallest absolute Gasteiger partial charge is 0.274 e. The Morgan fingerprint density at radius 1 is 1.12 bits per heavy atom. The number of methoxy groups -OCH3 is 2. The minimum Gasteiger partial charge on any atom is -0.497 e. The van der Waals surface area contributed by atoms with Crippen molar-refractivity contribution < 1.29 is 14.3 Å². The molecule has 0 unspecified atom stereocenters. The molecule has 0 bridgehead atoms. The first-order valence-electron chi connectivity index (χ1n) is 7.95. The maximum atomic E-state index is 12.4. The molecule has 1 aromatic carbocycles. The Morgan fingerprint density at radius 2 is 1.92 bits per heavy atom. The highest BCUT2D eigenvalue weighted by molar-refractivity contribution is 6.03. The maximum Gasteiger partial charge on any atom is 0.274 e. The Kier molecular flexibility index (Phi) is 4.84. The Morgan fingerprint density at radius 3 is 2.54 bits per heavy atom. The number of aromatic nitrogens is 1. The maximum absolute atomic E-state index is 12.4. The number of nitrogens with one attached hydrogen (secondary N) is 1. The van der Waals surface area contributed by atoms with Gasteiger partial charge in [0.2, 0.25) is 0 Å². The van der Waals surface area contributed by atoms with Crippen LogP contribution in [0.2, 0.25) is 0 Å². The first-order valence-corrected chi connectivity index (χ1v) is 7.95. The van der Waals surface area contributed by atoms with Crippen molar-refractivity contribution in [3.8, 4) is 11.5 Å². The second-order valence-electron chi connectivity index (χ2n) is 5.62. The topological polar surface area (TPSA) is 63.7 Å². The molecule has 0 spiro atoms. The van der Waals surface area contributed by atoms with E-state index < -0.39 is 0 Å². The molecule has 0 radical (unpaired) electrons. The van der Waals surface area contributed by atoms with Gasteiger partial charge in [-0.2, -0.15) is 0 Å². The van der Waals surface area contributed by atoms with E-state index >= 15 is 0 Å².